The quantitative estimate of drug-likeness (QED) is 0.552. The molecule has 0 spiro atoms. The van der Waals surface area contributed by atoms with Crippen LogP contribution in [0.15, 0.2) is 24.3 Å². The first kappa shape index (κ1) is 20.7. The largest absolute Gasteiger partial charge is 0.341 e. The van der Waals surface area contributed by atoms with Crippen LogP contribution >= 0.6 is 0 Å². The summed E-state index contributed by atoms with van der Waals surface area (Å²) < 4.78 is 0. The second-order valence-corrected chi connectivity index (χ2v) is 8.54. The number of piperazine rings is 1. The summed E-state index contributed by atoms with van der Waals surface area (Å²) in [4.78, 5) is 29.7. The summed E-state index contributed by atoms with van der Waals surface area (Å²) in [6, 6.07) is 6.82. The molecule has 2 saturated heterocycles. The number of hydrogen-bond donors (Lipinski definition) is 0. The first-order valence-corrected chi connectivity index (χ1v) is 10.4. The van der Waals surface area contributed by atoms with Crippen LogP contribution in [0.3, 0.4) is 0 Å². The number of likely N-dealkylation sites (tertiary alicyclic amines) is 1. The predicted octanol–water partition coefficient (Wildman–Crippen LogP) is 2.26. The summed E-state index contributed by atoms with van der Waals surface area (Å²) >= 11 is 0. The fourth-order valence-corrected chi connectivity index (χ4v) is 4.40. The van der Waals surface area contributed by atoms with E-state index in [1.54, 1.807) is 12.1 Å². The highest BCUT2D eigenvalue weighted by atomic mass is 16.6. The molecular formula is C21H32N4O3. The maximum Gasteiger partial charge on any atom is 0.269 e. The van der Waals surface area contributed by atoms with Crippen molar-refractivity contribution in [3.63, 3.8) is 0 Å². The molecule has 2 heterocycles. The minimum atomic E-state index is -0.366. The van der Waals surface area contributed by atoms with Gasteiger partial charge >= 0.3 is 0 Å². The van der Waals surface area contributed by atoms with Crippen LogP contribution in [-0.2, 0) is 11.2 Å². The lowest BCUT2D eigenvalue weighted by molar-refractivity contribution is -0.384. The van der Waals surface area contributed by atoms with Crippen molar-refractivity contribution in [2.75, 3.05) is 52.4 Å². The van der Waals surface area contributed by atoms with Crippen LogP contribution in [0, 0.1) is 22.0 Å². The maximum absolute atomic E-state index is 12.6. The zero-order chi connectivity index (χ0) is 20.1. The molecule has 2 atom stereocenters. The molecule has 0 bridgehead atoms. The number of hydrogen-bond acceptors (Lipinski definition) is 5. The molecule has 0 aromatic heterocycles. The monoisotopic (exact) mass is 388 g/mol. The van der Waals surface area contributed by atoms with Crippen LogP contribution in [0.4, 0.5) is 5.69 Å². The number of nitro benzene ring substituents is 1. The third-order valence-corrected chi connectivity index (χ3v) is 5.91. The van der Waals surface area contributed by atoms with E-state index in [9.17, 15) is 14.9 Å². The standard InChI is InChI=1S/C21H32N4O3/c1-17-13-18(2)15-24(14-17)21(26)16-23-11-9-22(10-12-23)8-7-19-3-5-20(6-4-19)25(27)28/h3-6,17-18H,7-16H2,1-2H3. The molecule has 3 rings (SSSR count). The van der Waals surface area contributed by atoms with E-state index in [2.05, 4.69) is 28.5 Å². The van der Waals surface area contributed by atoms with Crippen LogP contribution in [0.5, 0.6) is 0 Å². The molecule has 2 aliphatic rings. The van der Waals surface area contributed by atoms with E-state index in [0.29, 0.717) is 18.4 Å². The number of piperidine rings is 1. The Hall–Kier alpha value is -1.99. The highest BCUT2D eigenvalue weighted by molar-refractivity contribution is 5.78. The van der Waals surface area contributed by atoms with Gasteiger partial charge in [0.15, 0.2) is 0 Å². The highest BCUT2D eigenvalue weighted by Crippen LogP contribution is 2.21. The fourth-order valence-electron chi connectivity index (χ4n) is 4.40. The maximum atomic E-state index is 12.6. The summed E-state index contributed by atoms with van der Waals surface area (Å²) in [6.45, 7) is 11.5. The van der Waals surface area contributed by atoms with Gasteiger partial charge in [-0.05, 0) is 30.2 Å². The molecule has 0 aliphatic carbocycles. The van der Waals surface area contributed by atoms with Gasteiger partial charge in [-0.3, -0.25) is 19.8 Å². The number of carbonyl (C=O) groups is 1. The molecule has 0 saturated carbocycles. The van der Waals surface area contributed by atoms with Gasteiger partial charge in [-0.15, -0.1) is 0 Å². The molecule has 2 fully saturated rings. The van der Waals surface area contributed by atoms with Gasteiger partial charge in [0.05, 0.1) is 11.5 Å². The van der Waals surface area contributed by atoms with Gasteiger partial charge in [0.1, 0.15) is 0 Å². The van der Waals surface area contributed by atoms with Gasteiger partial charge in [-0.25, -0.2) is 0 Å². The van der Waals surface area contributed by atoms with E-state index in [1.807, 2.05) is 12.1 Å². The number of amides is 1. The van der Waals surface area contributed by atoms with Crippen molar-refractivity contribution in [3.8, 4) is 0 Å². The van der Waals surface area contributed by atoms with Crippen molar-refractivity contribution in [3.05, 3.63) is 39.9 Å². The molecule has 0 radical (unpaired) electrons. The molecule has 1 amide bonds. The second-order valence-electron chi connectivity index (χ2n) is 8.54. The van der Waals surface area contributed by atoms with Gasteiger partial charge in [0.25, 0.3) is 5.69 Å². The molecule has 154 valence electrons. The Morgan fingerprint density at radius 3 is 2.18 bits per heavy atom. The van der Waals surface area contributed by atoms with Crippen molar-refractivity contribution in [1.82, 2.24) is 14.7 Å². The van der Waals surface area contributed by atoms with Gasteiger partial charge in [-0.2, -0.15) is 0 Å². The summed E-state index contributed by atoms with van der Waals surface area (Å²) in [5.74, 6) is 1.48. The van der Waals surface area contributed by atoms with Crippen LogP contribution in [-0.4, -0.2) is 77.9 Å². The number of non-ortho nitro benzene ring substituents is 1. The number of rotatable bonds is 6. The molecule has 1 aromatic rings. The Labute approximate surface area is 167 Å². The topological polar surface area (TPSA) is 69.9 Å². The van der Waals surface area contributed by atoms with E-state index < -0.39 is 0 Å². The predicted molar refractivity (Wildman–Crippen MR) is 109 cm³/mol. The number of benzene rings is 1. The Morgan fingerprint density at radius 2 is 1.61 bits per heavy atom. The molecule has 0 N–H and O–H groups in total. The van der Waals surface area contributed by atoms with Crippen molar-refractivity contribution in [1.29, 1.82) is 0 Å². The minimum Gasteiger partial charge on any atom is -0.341 e. The van der Waals surface area contributed by atoms with Gasteiger partial charge in [0.2, 0.25) is 5.91 Å². The molecule has 7 heteroatoms. The third-order valence-electron chi connectivity index (χ3n) is 5.91. The Bertz CT molecular complexity index is 661. The SMILES string of the molecule is CC1CC(C)CN(C(=O)CN2CCN(CCc3ccc([N+](=O)[O-])cc3)CC2)C1. The van der Waals surface area contributed by atoms with Gasteiger partial charge in [0, 0.05) is 57.9 Å². The second kappa shape index (κ2) is 9.47. The lowest BCUT2D eigenvalue weighted by Crippen LogP contribution is -2.52. The zero-order valence-electron chi connectivity index (χ0n) is 17.0. The summed E-state index contributed by atoms with van der Waals surface area (Å²) in [6.07, 6.45) is 2.11. The summed E-state index contributed by atoms with van der Waals surface area (Å²) in [7, 11) is 0. The molecule has 28 heavy (non-hydrogen) atoms. The van der Waals surface area contributed by atoms with Crippen molar-refractivity contribution < 1.29 is 9.72 Å². The lowest BCUT2D eigenvalue weighted by Gasteiger charge is -2.38. The van der Waals surface area contributed by atoms with E-state index in [0.717, 1.165) is 57.8 Å². The number of nitro groups is 1. The average molecular weight is 389 g/mol. The van der Waals surface area contributed by atoms with E-state index >= 15 is 0 Å². The molecule has 7 nitrogen and oxygen atoms in total. The smallest absolute Gasteiger partial charge is 0.269 e. The number of carbonyl (C=O) groups excluding carboxylic acids is 1. The molecule has 2 aliphatic heterocycles. The van der Waals surface area contributed by atoms with Gasteiger partial charge in [-0.1, -0.05) is 26.0 Å². The van der Waals surface area contributed by atoms with Crippen LogP contribution in [0.2, 0.25) is 0 Å². The number of nitrogens with zero attached hydrogens (tertiary/aromatic N) is 4. The molecule has 2 unspecified atom stereocenters. The normalized spacial score (nSPS) is 24.3. The lowest BCUT2D eigenvalue weighted by atomic mass is 9.92. The fraction of sp³-hybridized carbons (Fsp3) is 0.667. The Balaban J connectivity index is 1.38. The molecular weight excluding hydrogens is 356 g/mol. The highest BCUT2D eigenvalue weighted by Gasteiger charge is 2.27. The zero-order valence-corrected chi connectivity index (χ0v) is 17.0. The minimum absolute atomic E-state index is 0.138. The van der Waals surface area contributed by atoms with Crippen LogP contribution in [0.1, 0.15) is 25.8 Å². The third kappa shape index (κ3) is 5.75. The Kier molecular flexibility index (Phi) is 7.02. The first-order valence-electron chi connectivity index (χ1n) is 10.4. The van der Waals surface area contributed by atoms with E-state index in [1.165, 1.54) is 6.42 Å². The Morgan fingerprint density at radius 1 is 1.04 bits per heavy atom. The van der Waals surface area contributed by atoms with Crippen molar-refractivity contribution in [2.45, 2.75) is 26.7 Å². The van der Waals surface area contributed by atoms with Crippen molar-refractivity contribution in [2.24, 2.45) is 11.8 Å². The van der Waals surface area contributed by atoms with Gasteiger partial charge < -0.3 is 9.80 Å². The summed E-state index contributed by atoms with van der Waals surface area (Å²) in [5.41, 5.74) is 1.26. The first-order chi connectivity index (χ1) is 13.4. The average Bonchev–Trinajstić information content (AvgIpc) is 2.67. The molecule has 1 aromatic carbocycles. The van der Waals surface area contributed by atoms with Crippen LogP contribution < -0.4 is 0 Å². The van der Waals surface area contributed by atoms with Crippen LogP contribution in [0.25, 0.3) is 0 Å². The van der Waals surface area contributed by atoms with E-state index in [-0.39, 0.29) is 16.5 Å². The summed E-state index contributed by atoms with van der Waals surface area (Å²) in [5, 5.41) is 10.7. The van der Waals surface area contributed by atoms with Crippen molar-refractivity contribution >= 4 is 11.6 Å². The van der Waals surface area contributed by atoms with E-state index in [4.69, 9.17) is 0 Å².